The molecule has 4 nitrogen and oxygen atoms in total. The van der Waals surface area contributed by atoms with Gasteiger partial charge in [-0.2, -0.15) is 0 Å². The van der Waals surface area contributed by atoms with Crippen molar-refractivity contribution < 1.29 is 4.74 Å². The molecule has 0 spiro atoms. The number of nitrogens with zero attached hydrogens (tertiary/aromatic N) is 2. The number of nitrogens with one attached hydrogen (secondary N) is 1. The molecule has 0 fully saturated rings. The zero-order valence-corrected chi connectivity index (χ0v) is 21.3. The Balaban J connectivity index is 0. The van der Waals surface area contributed by atoms with Crippen molar-refractivity contribution in [2.75, 3.05) is 20.4 Å². The van der Waals surface area contributed by atoms with Gasteiger partial charge in [0.05, 0.1) is 21.7 Å². The van der Waals surface area contributed by atoms with Crippen LogP contribution in [0.15, 0.2) is 48.9 Å². The van der Waals surface area contributed by atoms with Crippen LogP contribution in [0.3, 0.4) is 0 Å². The smallest absolute Gasteiger partial charge is 0.107 e. The van der Waals surface area contributed by atoms with Gasteiger partial charge in [-0.25, -0.2) is 0 Å². The number of thioether (sulfide) groups is 1. The summed E-state index contributed by atoms with van der Waals surface area (Å²) in [5, 5.41) is 5.71. The van der Waals surface area contributed by atoms with Crippen molar-refractivity contribution in [2.24, 2.45) is 9.98 Å². The van der Waals surface area contributed by atoms with Gasteiger partial charge in [-0.1, -0.05) is 70.1 Å². The number of hydrogen-bond donors (Lipinski definition) is 1. The Kier molecular flexibility index (Phi) is 20.7. The molecule has 0 saturated carbocycles. The normalized spacial score (nSPS) is 21.4. The van der Waals surface area contributed by atoms with Crippen LogP contribution in [0.5, 0.6) is 0 Å². The van der Waals surface area contributed by atoms with Crippen LogP contribution in [-0.2, 0) is 4.74 Å². The van der Waals surface area contributed by atoms with Gasteiger partial charge in [0, 0.05) is 13.7 Å². The molecule has 2 rings (SSSR count). The minimum Gasteiger partial charge on any atom is -0.385 e. The third-order valence-corrected chi connectivity index (χ3v) is 4.64. The number of allylic oxidation sites excluding steroid dienone is 2. The highest BCUT2D eigenvalue weighted by atomic mass is 35.5. The maximum Gasteiger partial charge on any atom is 0.107 e. The minimum absolute atomic E-state index is 0.102. The van der Waals surface area contributed by atoms with E-state index in [1.165, 1.54) is 18.4 Å². The van der Waals surface area contributed by atoms with Crippen LogP contribution in [-0.4, -0.2) is 37.9 Å². The Morgan fingerprint density at radius 1 is 1.28 bits per heavy atom. The van der Waals surface area contributed by atoms with Gasteiger partial charge in [0.15, 0.2) is 0 Å². The molecule has 0 aliphatic carbocycles. The average Bonchev–Trinajstić information content (AvgIpc) is 2.81. The van der Waals surface area contributed by atoms with E-state index in [0.717, 1.165) is 22.9 Å². The van der Waals surface area contributed by atoms with Crippen molar-refractivity contribution in [1.82, 2.24) is 5.32 Å². The monoisotopic (exact) mass is 441 g/mol. The van der Waals surface area contributed by atoms with Crippen LogP contribution < -0.4 is 5.32 Å². The molecule has 2 aliphatic heterocycles. The van der Waals surface area contributed by atoms with Crippen molar-refractivity contribution in [1.29, 1.82) is 0 Å². The van der Waals surface area contributed by atoms with E-state index >= 15 is 0 Å². The van der Waals surface area contributed by atoms with Crippen molar-refractivity contribution in [3.8, 4) is 0 Å². The van der Waals surface area contributed by atoms with Crippen molar-refractivity contribution >= 4 is 34.8 Å². The molecule has 1 N–H and O–H groups in total. The first kappa shape index (κ1) is 29.9. The van der Waals surface area contributed by atoms with Gasteiger partial charge in [-0.3, -0.25) is 9.98 Å². The summed E-state index contributed by atoms with van der Waals surface area (Å²) in [5.41, 5.74) is 6.09. The third-order valence-electron chi connectivity index (χ3n) is 3.61. The van der Waals surface area contributed by atoms with Crippen molar-refractivity contribution in [3.05, 3.63) is 38.9 Å². The highest BCUT2D eigenvalue weighted by molar-refractivity contribution is 8.06. The first-order chi connectivity index (χ1) is 14.0. The van der Waals surface area contributed by atoms with Gasteiger partial charge in [0.1, 0.15) is 12.4 Å². The summed E-state index contributed by atoms with van der Waals surface area (Å²) < 4.78 is 4.78. The summed E-state index contributed by atoms with van der Waals surface area (Å²) in [6.45, 7) is 17.7. The topological polar surface area (TPSA) is 46.0 Å². The second-order valence-electron chi connectivity index (χ2n) is 5.72. The molecule has 0 aromatic rings. The SMILES string of the molecule is C/C1=C/NC/N=C(/C)C(C2=C=C(Cl)C=CS2)=NC1C.CC.CC.CCCCOC. The first-order valence-corrected chi connectivity index (χ1v) is 11.7. The summed E-state index contributed by atoms with van der Waals surface area (Å²) in [7, 11) is 1.73. The van der Waals surface area contributed by atoms with Crippen molar-refractivity contribution in [2.45, 2.75) is 74.3 Å². The third kappa shape index (κ3) is 13.6. The van der Waals surface area contributed by atoms with Crippen LogP contribution in [0.2, 0.25) is 0 Å². The highest BCUT2D eigenvalue weighted by Crippen LogP contribution is 2.26. The summed E-state index contributed by atoms with van der Waals surface area (Å²) in [6.07, 6.45) is 6.22. The summed E-state index contributed by atoms with van der Waals surface area (Å²) in [6, 6.07) is 0.102. The molecule has 0 saturated heterocycles. The number of unbranched alkanes of at least 4 members (excludes halogenated alkanes) is 1. The van der Waals surface area contributed by atoms with Gasteiger partial charge in [0.2, 0.25) is 0 Å². The number of rotatable bonds is 4. The predicted octanol–water partition coefficient (Wildman–Crippen LogP) is 7.09. The molecule has 1 atom stereocenters. The Bertz CT molecular complexity index is 626. The number of ether oxygens (including phenoxy) is 1. The summed E-state index contributed by atoms with van der Waals surface area (Å²) >= 11 is 7.59. The van der Waals surface area contributed by atoms with Crippen LogP contribution in [0, 0.1) is 0 Å². The maximum atomic E-state index is 6.01. The van der Waals surface area contributed by atoms with E-state index in [1.54, 1.807) is 18.9 Å². The summed E-state index contributed by atoms with van der Waals surface area (Å²) in [5.74, 6) is 0. The molecule has 2 aliphatic rings. The van der Waals surface area contributed by atoms with Gasteiger partial charge in [-0.05, 0) is 50.4 Å². The molecule has 6 heteroatoms. The molecule has 0 aromatic heterocycles. The Hall–Kier alpha value is -1.26. The molecular formula is C23H40ClN3OS. The number of hydrogen-bond acceptors (Lipinski definition) is 5. The maximum absolute atomic E-state index is 6.01. The van der Waals surface area contributed by atoms with Gasteiger partial charge >= 0.3 is 0 Å². The Morgan fingerprint density at radius 2 is 1.93 bits per heavy atom. The molecule has 29 heavy (non-hydrogen) atoms. The van der Waals surface area contributed by atoms with E-state index in [-0.39, 0.29) is 6.04 Å². The van der Waals surface area contributed by atoms with Crippen LogP contribution in [0.25, 0.3) is 0 Å². The molecule has 2 heterocycles. The molecular weight excluding hydrogens is 402 g/mol. The lowest BCUT2D eigenvalue weighted by Gasteiger charge is -2.12. The lowest BCUT2D eigenvalue weighted by Crippen LogP contribution is -2.16. The minimum atomic E-state index is 0.102. The summed E-state index contributed by atoms with van der Waals surface area (Å²) in [4.78, 5) is 10.2. The fourth-order valence-electron chi connectivity index (χ4n) is 1.92. The first-order valence-electron chi connectivity index (χ1n) is 10.5. The average molecular weight is 442 g/mol. The number of methoxy groups -OCH3 is 1. The fourth-order valence-corrected chi connectivity index (χ4v) is 3.03. The molecule has 0 aromatic carbocycles. The largest absolute Gasteiger partial charge is 0.385 e. The quantitative estimate of drug-likeness (QED) is 0.374. The van der Waals surface area contributed by atoms with Crippen LogP contribution >= 0.6 is 23.4 Å². The van der Waals surface area contributed by atoms with E-state index in [2.05, 4.69) is 36.8 Å². The molecule has 0 radical (unpaired) electrons. The van der Waals surface area contributed by atoms with E-state index in [9.17, 15) is 0 Å². The standard InChI is InChI=1S/C14H16ClN3S.C5H12O.2C2H6/c1-9-7-16-8-17-11(3)14(18-10(9)2)13-6-12(15)4-5-19-13;1-3-4-5-6-2;2*1-2/h4-5,7,10,16H,8H2,1-3H3;3-5H2,1-2H3;2*1-2H3/b9-7-,17-11-,18-14?;;;. The lowest BCUT2D eigenvalue weighted by atomic mass is 10.1. The second kappa shape index (κ2) is 20.0. The van der Waals surface area contributed by atoms with Crippen molar-refractivity contribution in [3.63, 3.8) is 0 Å². The predicted molar refractivity (Wildman–Crippen MR) is 134 cm³/mol. The lowest BCUT2D eigenvalue weighted by molar-refractivity contribution is 0.194. The Labute approximate surface area is 188 Å². The van der Waals surface area contributed by atoms with Gasteiger partial charge < -0.3 is 10.1 Å². The second-order valence-corrected chi connectivity index (χ2v) is 7.04. The fraction of sp³-hybridized carbons (Fsp3) is 0.609. The zero-order valence-electron chi connectivity index (χ0n) is 19.7. The molecule has 0 amide bonds. The van der Waals surface area contributed by atoms with E-state index in [4.69, 9.17) is 21.3 Å². The highest BCUT2D eigenvalue weighted by Gasteiger charge is 2.15. The zero-order chi connectivity index (χ0) is 22.7. The van der Waals surface area contributed by atoms with Gasteiger partial charge in [-0.15, -0.1) is 0 Å². The number of aliphatic imine (C=N–C) groups is 2. The van der Waals surface area contributed by atoms with E-state index in [0.29, 0.717) is 11.7 Å². The van der Waals surface area contributed by atoms with E-state index in [1.807, 2.05) is 52.3 Å². The van der Waals surface area contributed by atoms with E-state index < -0.39 is 0 Å². The Morgan fingerprint density at radius 3 is 2.45 bits per heavy atom. The number of halogens is 1. The molecule has 0 bridgehead atoms. The van der Waals surface area contributed by atoms with Crippen LogP contribution in [0.4, 0.5) is 0 Å². The molecule has 166 valence electrons. The molecule has 1 unspecified atom stereocenters. The van der Waals surface area contributed by atoms with Gasteiger partial charge in [0.25, 0.3) is 0 Å². The van der Waals surface area contributed by atoms with Crippen LogP contribution in [0.1, 0.15) is 68.2 Å².